The van der Waals surface area contributed by atoms with Gasteiger partial charge >= 0.3 is 0 Å². The van der Waals surface area contributed by atoms with Gasteiger partial charge in [0.05, 0.1) is 0 Å². The van der Waals surface area contributed by atoms with Gasteiger partial charge in [-0.05, 0) is 0 Å². The molecule has 20 heavy (non-hydrogen) atoms. The molecule has 0 atom stereocenters. The fraction of sp³-hybridized carbons (Fsp3) is 0.474. The van der Waals surface area contributed by atoms with Crippen LogP contribution in [0.2, 0.25) is 0 Å². The summed E-state index contributed by atoms with van der Waals surface area (Å²) in [5.74, 6) is 0. The van der Waals surface area contributed by atoms with E-state index >= 15 is 0 Å². The molecule has 0 aromatic heterocycles. The Balaban J connectivity index is -0.0000000940. The van der Waals surface area contributed by atoms with Gasteiger partial charge in [-0.3, -0.25) is 11.1 Å². The molecule has 0 aliphatic carbocycles. The van der Waals surface area contributed by atoms with E-state index in [1.54, 1.807) is 6.08 Å². The molecule has 0 spiro atoms. The van der Waals surface area contributed by atoms with Crippen LogP contribution < -0.4 is 0 Å². The summed E-state index contributed by atoms with van der Waals surface area (Å²) in [6.45, 7) is 21.5. The van der Waals surface area contributed by atoms with Crippen molar-refractivity contribution in [1.82, 2.24) is 0 Å². The van der Waals surface area contributed by atoms with Gasteiger partial charge in [-0.1, -0.05) is 55.4 Å². The zero-order valence-corrected chi connectivity index (χ0v) is 18.0. The van der Waals surface area contributed by atoms with Gasteiger partial charge in [-0.15, -0.1) is 13.0 Å². The molecule has 1 heteroatoms. The second-order valence-corrected chi connectivity index (χ2v) is 2.40. The minimum absolute atomic E-state index is 0. The van der Waals surface area contributed by atoms with Crippen LogP contribution in [0.1, 0.15) is 62.3 Å². The quantitative estimate of drug-likeness (QED) is 0.382. The molecule has 0 N–H and O–H groups in total. The third-order valence-electron chi connectivity index (χ3n) is 1.47. The largest absolute Gasteiger partial charge is 0.273 e. The van der Waals surface area contributed by atoms with Gasteiger partial charge in [0.15, 0.2) is 0 Å². The van der Waals surface area contributed by atoms with Crippen LogP contribution in [0.3, 0.4) is 0 Å². The molecule has 0 aliphatic heterocycles. The van der Waals surface area contributed by atoms with E-state index in [0.717, 1.165) is 11.1 Å². The van der Waals surface area contributed by atoms with Crippen molar-refractivity contribution in [2.24, 2.45) is 0 Å². The van der Waals surface area contributed by atoms with Crippen molar-refractivity contribution < 1.29 is 32.7 Å². The topological polar surface area (TPSA) is 0 Å². The Morgan fingerprint density at radius 1 is 0.900 bits per heavy atom. The Kier molecular flexibility index (Phi) is 58.1. The van der Waals surface area contributed by atoms with Crippen molar-refractivity contribution in [3.63, 3.8) is 0 Å². The zero-order valence-electron chi connectivity index (χ0n) is 15.2. The first-order valence-electron chi connectivity index (χ1n) is 7.38. The molecule has 115 valence electrons. The van der Waals surface area contributed by atoms with Crippen molar-refractivity contribution in [1.29, 1.82) is 0 Å². The van der Waals surface area contributed by atoms with Gasteiger partial charge in [0.2, 0.25) is 0 Å². The van der Waals surface area contributed by atoms with Crippen LogP contribution in [0.4, 0.5) is 0 Å². The molecule has 0 aliphatic rings. The van der Waals surface area contributed by atoms with Gasteiger partial charge in [-0.25, -0.2) is 18.2 Å². The van der Waals surface area contributed by atoms with E-state index in [9.17, 15) is 0 Å². The van der Waals surface area contributed by atoms with Gasteiger partial charge in [0.25, 0.3) is 0 Å². The van der Waals surface area contributed by atoms with Crippen molar-refractivity contribution in [2.45, 2.75) is 62.3 Å². The molecular weight excluding hydrogens is 317 g/mol. The Morgan fingerprint density at radius 2 is 1.35 bits per heavy atom. The molecular formula is C19H34Y-2. The monoisotopic (exact) mass is 351 g/mol. The summed E-state index contributed by atoms with van der Waals surface area (Å²) in [4.78, 5) is 0. The average molecular weight is 351 g/mol. The van der Waals surface area contributed by atoms with Gasteiger partial charge < -0.3 is 0 Å². The van der Waals surface area contributed by atoms with E-state index in [0.29, 0.717) is 0 Å². The van der Waals surface area contributed by atoms with Crippen molar-refractivity contribution in [3.05, 3.63) is 60.3 Å². The third-order valence-corrected chi connectivity index (χ3v) is 1.47. The second-order valence-electron chi connectivity index (χ2n) is 2.40. The van der Waals surface area contributed by atoms with Crippen LogP contribution in [0.5, 0.6) is 0 Å². The Labute approximate surface area is 154 Å². The van der Waals surface area contributed by atoms with E-state index in [1.807, 2.05) is 86.6 Å². The molecule has 0 saturated carbocycles. The van der Waals surface area contributed by atoms with Crippen LogP contribution in [-0.2, 0) is 32.7 Å². The summed E-state index contributed by atoms with van der Waals surface area (Å²) in [6, 6.07) is 0. The predicted octanol–water partition coefficient (Wildman–Crippen LogP) is 6.88. The number of allylic oxidation sites excluding steroid dienone is 9. The van der Waals surface area contributed by atoms with E-state index in [2.05, 4.69) is 18.7 Å². The number of hydrogen-bond donors (Lipinski definition) is 0. The van der Waals surface area contributed by atoms with Crippen molar-refractivity contribution >= 4 is 0 Å². The maximum absolute atomic E-state index is 3.63. The second kappa shape index (κ2) is 36.4. The summed E-state index contributed by atoms with van der Waals surface area (Å²) in [5, 5.41) is 0. The third kappa shape index (κ3) is 22.9. The maximum atomic E-state index is 3.63. The van der Waals surface area contributed by atoms with E-state index in [-0.39, 0.29) is 32.7 Å². The van der Waals surface area contributed by atoms with Gasteiger partial charge in [-0.2, -0.15) is 24.8 Å². The zero-order chi connectivity index (χ0) is 16.1. The molecule has 0 amide bonds. The first-order chi connectivity index (χ1) is 9.29. The van der Waals surface area contributed by atoms with E-state index < -0.39 is 0 Å². The molecule has 0 fully saturated rings. The Bertz CT molecular complexity index is 265. The van der Waals surface area contributed by atoms with Crippen LogP contribution in [0, 0.1) is 12.2 Å². The van der Waals surface area contributed by atoms with Crippen LogP contribution in [0.15, 0.2) is 48.1 Å². The van der Waals surface area contributed by atoms with Crippen LogP contribution >= 0.6 is 0 Å². The minimum atomic E-state index is 0. The number of hydrogen-bond acceptors (Lipinski definition) is 0. The first-order valence-corrected chi connectivity index (χ1v) is 7.38. The minimum Gasteiger partial charge on any atom is -0.273 e. The standard InChI is InChI=1S/C13H16.3C2H6.Y/c1-5-9-12(8-4)13(10-6-2)11-7-3;3*1-2;/h5-8,11H,2H2,1,3-4H3;3*1-2H3;/q-2;;;;/b11-7-,12-8+;;;;. The van der Waals surface area contributed by atoms with E-state index in [4.69, 9.17) is 0 Å². The Morgan fingerprint density at radius 3 is 1.60 bits per heavy atom. The molecule has 0 aromatic carbocycles. The summed E-state index contributed by atoms with van der Waals surface area (Å²) in [7, 11) is 0. The molecule has 0 nitrogen and oxygen atoms in total. The smallest absolute Gasteiger partial charge is 0 e. The fourth-order valence-electron chi connectivity index (χ4n) is 0.964. The average Bonchev–Trinajstić information content (AvgIpc) is 2.51. The summed E-state index contributed by atoms with van der Waals surface area (Å²) < 4.78 is 0. The summed E-state index contributed by atoms with van der Waals surface area (Å²) >= 11 is 0. The molecule has 0 unspecified atom stereocenters. The number of rotatable bonds is 4. The Hall–Kier alpha value is -0.196. The molecule has 0 rings (SSSR count). The SMILES string of the molecule is C=C[C-]=C(/C=C\C)/C([C-]=CC)=C/C.CC.CC.CC.[Y]. The van der Waals surface area contributed by atoms with Crippen molar-refractivity contribution in [2.75, 3.05) is 0 Å². The summed E-state index contributed by atoms with van der Waals surface area (Å²) in [5.41, 5.74) is 2.05. The van der Waals surface area contributed by atoms with Crippen molar-refractivity contribution in [3.8, 4) is 0 Å². The molecule has 0 bridgehead atoms. The molecule has 0 aromatic rings. The van der Waals surface area contributed by atoms with Gasteiger partial charge in [0.1, 0.15) is 0 Å². The van der Waals surface area contributed by atoms with Crippen LogP contribution in [-0.4, -0.2) is 0 Å². The summed E-state index contributed by atoms with van der Waals surface area (Å²) in [6.07, 6.45) is 15.7. The van der Waals surface area contributed by atoms with E-state index in [1.165, 1.54) is 0 Å². The van der Waals surface area contributed by atoms with Gasteiger partial charge in [0, 0.05) is 32.7 Å². The molecule has 0 saturated heterocycles. The maximum Gasteiger partial charge on any atom is 0 e. The predicted molar refractivity (Wildman–Crippen MR) is 93.1 cm³/mol. The fourth-order valence-corrected chi connectivity index (χ4v) is 0.964. The first kappa shape index (κ1) is 32.0. The molecule has 1 radical (unpaired) electrons. The normalized spacial score (nSPS) is 10.2. The molecule has 0 heterocycles. The van der Waals surface area contributed by atoms with Crippen LogP contribution in [0.25, 0.3) is 0 Å².